The number of aromatic nitrogens is 2. The number of hydrogen-bond donors (Lipinski definition) is 0. The molecule has 3 aliphatic heterocycles. The fourth-order valence-corrected chi connectivity index (χ4v) is 5.07. The van der Waals surface area contributed by atoms with Gasteiger partial charge in [0, 0.05) is 31.9 Å². The van der Waals surface area contributed by atoms with Crippen LogP contribution in [0.4, 0.5) is 5.69 Å². The summed E-state index contributed by atoms with van der Waals surface area (Å²) in [5, 5.41) is 22.5. The van der Waals surface area contributed by atoms with Gasteiger partial charge in [-0.15, -0.1) is 10.7 Å². The minimum absolute atomic E-state index is 0. The van der Waals surface area contributed by atoms with Gasteiger partial charge in [-0.25, -0.2) is 0 Å². The van der Waals surface area contributed by atoms with Gasteiger partial charge in [0.15, 0.2) is 0 Å². The van der Waals surface area contributed by atoms with Gasteiger partial charge < -0.3 is 25.5 Å². The van der Waals surface area contributed by atoms with Crippen LogP contribution in [0.2, 0.25) is 0 Å². The molecule has 8 bridgehead atoms. The number of hydrogen-bond acceptors (Lipinski definition) is 2. The molecule has 6 nitrogen and oxygen atoms in total. The van der Waals surface area contributed by atoms with E-state index in [0.29, 0.717) is 5.56 Å². The first-order valence-electron chi connectivity index (χ1n) is 12.7. The van der Waals surface area contributed by atoms with Gasteiger partial charge in [-0.05, 0) is 95.6 Å². The van der Waals surface area contributed by atoms with Crippen molar-refractivity contribution in [1.82, 2.24) is 9.97 Å². The Morgan fingerprint density at radius 3 is 1.52 bits per heavy atom. The average molecular weight is 561 g/mol. The Morgan fingerprint density at radius 2 is 1.07 bits per heavy atom. The Labute approximate surface area is 242 Å². The van der Waals surface area contributed by atoms with Crippen LogP contribution in [-0.4, -0.2) is 14.1 Å². The summed E-state index contributed by atoms with van der Waals surface area (Å²) in [5.74, 6) is 0. The van der Waals surface area contributed by atoms with Crippen LogP contribution in [0.25, 0.3) is 33.2 Å². The maximum atomic E-state index is 9.27. The number of anilines is 1. The molecule has 0 atom stereocenters. The van der Waals surface area contributed by atoms with Crippen molar-refractivity contribution in [2.24, 2.45) is 0 Å². The third-order valence-corrected chi connectivity index (χ3v) is 7.08. The Balaban J connectivity index is 0.00000289. The summed E-state index contributed by atoms with van der Waals surface area (Å²) in [4.78, 5) is 12.1. The molecule has 2 aromatic carbocycles. The molecule has 0 fully saturated rings. The van der Waals surface area contributed by atoms with E-state index in [1.165, 1.54) is 0 Å². The first kappa shape index (κ1) is 25.4. The van der Waals surface area contributed by atoms with Gasteiger partial charge in [0.25, 0.3) is 0 Å². The number of rotatable bonds is 3. The Hall–Kier alpha value is -4.92. The maximum Gasteiger partial charge on any atom is 2.00 e. The number of nitrogens with zero attached hydrogens (tertiary/aromatic N) is 6. The molecule has 0 N–H and O–H groups in total. The van der Waals surface area contributed by atoms with Crippen molar-refractivity contribution in [2.45, 2.75) is 0 Å². The van der Waals surface area contributed by atoms with Crippen LogP contribution in [0.3, 0.4) is 0 Å². The molecule has 2 aromatic heterocycles. The molecule has 194 valence electrons. The third-order valence-electron chi connectivity index (χ3n) is 7.08. The van der Waals surface area contributed by atoms with Crippen molar-refractivity contribution >= 4 is 28.2 Å². The second kappa shape index (κ2) is 10.00. The molecular formula is C33H22N6Ni. The van der Waals surface area contributed by atoms with Gasteiger partial charge in [0.1, 0.15) is 0 Å². The van der Waals surface area contributed by atoms with E-state index in [9.17, 15) is 5.26 Å². The quantitative estimate of drug-likeness (QED) is 0.285. The largest absolute Gasteiger partial charge is 2.00 e. The van der Waals surface area contributed by atoms with Crippen LogP contribution in [0.15, 0.2) is 97.1 Å². The molecule has 40 heavy (non-hydrogen) atoms. The van der Waals surface area contributed by atoms with Crippen molar-refractivity contribution in [2.75, 3.05) is 19.0 Å². The topological polar surface area (TPSA) is 83.4 Å². The van der Waals surface area contributed by atoms with E-state index in [4.69, 9.17) is 20.6 Å². The van der Waals surface area contributed by atoms with E-state index < -0.39 is 0 Å². The molecule has 3 aliphatic rings. The molecule has 5 heterocycles. The van der Waals surface area contributed by atoms with Crippen molar-refractivity contribution < 1.29 is 16.5 Å². The molecular weight excluding hydrogens is 539 g/mol. The van der Waals surface area contributed by atoms with Crippen molar-refractivity contribution in [3.8, 4) is 6.07 Å². The van der Waals surface area contributed by atoms with Gasteiger partial charge in [0.05, 0.1) is 33.9 Å². The van der Waals surface area contributed by atoms with Gasteiger partial charge in [-0.1, -0.05) is 23.5 Å². The fraction of sp³-hybridized carbons (Fsp3) is 0.0606. The van der Waals surface area contributed by atoms with Crippen LogP contribution >= 0.6 is 0 Å². The Kier molecular flexibility index (Phi) is 6.34. The molecule has 0 spiro atoms. The van der Waals surface area contributed by atoms with E-state index in [0.717, 1.165) is 72.8 Å². The predicted octanol–water partition coefficient (Wildman–Crippen LogP) is 2.82. The van der Waals surface area contributed by atoms with Gasteiger partial charge >= 0.3 is 16.5 Å². The summed E-state index contributed by atoms with van der Waals surface area (Å²) in [6.45, 7) is 0. The first-order valence-corrected chi connectivity index (χ1v) is 12.7. The summed E-state index contributed by atoms with van der Waals surface area (Å²) >= 11 is 0. The van der Waals surface area contributed by atoms with Crippen LogP contribution in [-0.2, 0) is 16.5 Å². The van der Waals surface area contributed by atoms with E-state index in [-0.39, 0.29) is 16.5 Å². The Bertz CT molecular complexity index is 1950. The second-order valence-electron chi connectivity index (χ2n) is 9.74. The van der Waals surface area contributed by atoms with Crippen LogP contribution in [0.1, 0.15) is 16.7 Å². The van der Waals surface area contributed by atoms with Crippen molar-refractivity contribution in [3.05, 3.63) is 158 Å². The molecule has 4 aromatic rings. The van der Waals surface area contributed by atoms with E-state index in [2.05, 4.69) is 35.2 Å². The van der Waals surface area contributed by atoms with Gasteiger partial charge in [-0.3, -0.25) is 0 Å². The molecule has 0 saturated carbocycles. The minimum atomic E-state index is 0. The smallest absolute Gasteiger partial charge is 0.612 e. The minimum Gasteiger partial charge on any atom is -0.612 e. The van der Waals surface area contributed by atoms with Crippen molar-refractivity contribution in [1.29, 1.82) is 5.26 Å². The second-order valence-corrected chi connectivity index (χ2v) is 9.74. The van der Waals surface area contributed by atoms with Crippen LogP contribution in [0, 0.1) is 23.4 Å². The van der Waals surface area contributed by atoms with E-state index in [1.54, 1.807) is 0 Å². The number of benzene rings is 2. The molecule has 0 radical (unpaired) electrons. The predicted molar refractivity (Wildman–Crippen MR) is 153 cm³/mol. The SMILES string of the molecule is CN(C)c1ccc(/C2=c3\cc/c([n-]3)=C3\C=C[C+]([N-]3)/C(c3ccc(C#N)cc3)=c3/cc/c([n-]3)=C3\C=C[C+]2[N-]3)cc1.[Ni+2]. The maximum absolute atomic E-state index is 9.27. The average Bonchev–Trinajstić information content (AvgIpc) is 3.77. The fourth-order valence-electron chi connectivity index (χ4n) is 5.07. The van der Waals surface area contributed by atoms with Crippen LogP contribution in [0.5, 0.6) is 0 Å². The third kappa shape index (κ3) is 4.29. The molecule has 0 saturated heterocycles. The zero-order valence-corrected chi connectivity index (χ0v) is 22.7. The normalized spacial score (nSPS) is 20.3. The van der Waals surface area contributed by atoms with Gasteiger partial charge in [0.2, 0.25) is 0 Å². The molecule has 0 amide bonds. The molecule has 0 unspecified atom stereocenters. The zero-order chi connectivity index (χ0) is 26.5. The molecule has 7 heteroatoms. The molecule has 7 rings (SSSR count). The zero-order valence-electron chi connectivity index (χ0n) is 21.7. The van der Waals surface area contributed by atoms with Crippen LogP contribution < -0.4 is 36.3 Å². The Morgan fingerprint density at radius 1 is 0.625 bits per heavy atom. The number of fused-ring (bicyclic) bond motifs is 8. The summed E-state index contributed by atoms with van der Waals surface area (Å²) in [5.41, 5.74) is 7.20. The van der Waals surface area contributed by atoms with E-state index >= 15 is 0 Å². The monoisotopic (exact) mass is 560 g/mol. The summed E-state index contributed by atoms with van der Waals surface area (Å²) in [6.07, 6.45) is 8.06. The number of nitriles is 1. The molecule has 0 aliphatic carbocycles. The first-order chi connectivity index (χ1) is 19.1. The summed E-state index contributed by atoms with van der Waals surface area (Å²) in [7, 11) is 4.07. The standard InChI is InChI=1S/C33H22N6.Ni/c1-39(2)23-9-7-22(8-10-23)33-30-17-13-26(37-30)24-11-15-28(35-24)32(21-5-3-20(19-34)4-6-21)29-16-12-25(36-29)27-14-18-31(33)38-27;/h3-18H,1-2H3;/q-2;+2/b26-24-,27-25-,32-28-,33-31-;. The van der Waals surface area contributed by atoms with E-state index in [1.807, 2.05) is 86.9 Å². The summed E-state index contributed by atoms with van der Waals surface area (Å²) < 4.78 is 0. The van der Waals surface area contributed by atoms with Gasteiger partial charge in [-0.2, -0.15) is 5.26 Å². The van der Waals surface area contributed by atoms with Crippen molar-refractivity contribution in [3.63, 3.8) is 0 Å². The summed E-state index contributed by atoms with van der Waals surface area (Å²) in [6, 6.07) is 27.9.